The molecule has 4 aromatic carbocycles. The molecule has 4 heterocycles. The summed E-state index contributed by atoms with van der Waals surface area (Å²) in [5, 5.41) is 24.4. The van der Waals surface area contributed by atoms with Gasteiger partial charge in [0.05, 0.1) is 79.3 Å². The van der Waals surface area contributed by atoms with Crippen LogP contribution in [-0.4, -0.2) is 198 Å². The Morgan fingerprint density at radius 1 is 0.547 bits per heavy atom. The molecule has 0 bridgehead atoms. The SMILES string of the molecule is CN1Cc2c(Cl)cc(Cl)cc2[C@H](c2cccc(-c3cnc(NCCOCCOCCOCCNC(=O)[C@H](O)[C@@H](OC=O)C(=O)NCCOCCOCCOCCNc4ncc(-c5cccc([C@@H]6CN(C)Cc7c(Cl)cc(Cl)cc76)c5)cn4)nc3)c2)C1. The lowest BCUT2D eigenvalue weighted by molar-refractivity contribution is -0.157. The number of nitrogens with zero attached hydrogens (tertiary/aromatic N) is 6. The van der Waals surface area contributed by atoms with Gasteiger partial charge >= 0.3 is 0 Å². The molecule has 2 amide bonds. The van der Waals surface area contributed by atoms with Crippen molar-refractivity contribution < 1.29 is 52.6 Å². The van der Waals surface area contributed by atoms with Gasteiger partial charge in [-0.15, -0.1) is 0 Å². The number of carbonyl (C=O) groups excluding carboxylic acids is 3. The molecule has 25 heteroatoms. The minimum Gasteiger partial charge on any atom is -0.451 e. The van der Waals surface area contributed by atoms with Crippen molar-refractivity contribution in [3.63, 3.8) is 0 Å². The van der Waals surface area contributed by atoms with E-state index < -0.39 is 24.0 Å². The molecule has 2 aliphatic rings. The van der Waals surface area contributed by atoms with E-state index in [2.05, 4.69) is 89.4 Å². The summed E-state index contributed by atoms with van der Waals surface area (Å²) in [4.78, 5) is 58.9. The number of aliphatic hydroxyl groups excluding tert-OH is 1. The van der Waals surface area contributed by atoms with Crippen LogP contribution >= 0.6 is 46.4 Å². The molecule has 2 aromatic heterocycles. The number of nitrogens with one attached hydrogen (secondary N) is 4. The third kappa shape index (κ3) is 19.7. The first-order valence-electron chi connectivity index (χ1n) is 28.3. The normalized spacial score (nSPS) is 15.7. The molecule has 0 spiro atoms. The summed E-state index contributed by atoms with van der Waals surface area (Å²) < 4.78 is 38.1. The highest BCUT2D eigenvalue weighted by molar-refractivity contribution is 6.35. The van der Waals surface area contributed by atoms with Gasteiger partial charge in [-0.2, -0.15) is 0 Å². The zero-order chi connectivity index (χ0) is 60.6. The number of anilines is 2. The largest absolute Gasteiger partial charge is 0.451 e. The van der Waals surface area contributed by atoms with Crippen LogP contribution in [0.25, 0.3) is 22.3 Å². The molecular weight excluding hydrogens is 1190 g/mol. The van der Waals surface area contributed by atoms with Gasteiger partial charge in [0.1, 0.15) is 0 Å². The number of fused-ring (bicyclic) bond motifs is 2. The fourth-order valence-electron chi connectivity index (χ4n) is 10.00. The Bertz CT molecular complexity index is 3140. The number of aromatic nitrogens is 4. The van der Waals surface area contributed by atoms with Crippen LogP contribution in [0.4, 0.5) is 11.9 Å². The maximum absolute atomic E-state index is 12.7. The number of likely N-dealkylation sites (N-methyl/N-ethyl adjacent to an activating group) is 2. The van der Waals surface area contributed by atoms with Crippen LogP contribution in [0, 0.1) is 0 Å². The molecule has 5 N–H and O–H groups in total. The fraction of sp³-hybridized carbons (Fsp3) is 0.426. The minimum atomic E-state index is -1.96. The lowest BCUT2D eigenvalue weighted by atomic mass is 9.84. The molecule has 0 radical (unpaired) electrons. The highest BCUT2D eigenvalue weighted by atomic mass is 35.5. The third-order valence-corrected chi connectivity index (χ3v) is 15.3. The van der Waals surface area contributed by atoms with E-state index in [0.29, 0.717) is 84.7 Å². The van der Waals surface area contributed by atoms with Crippen molar-refractivity contribution in [3.05, 3.63) is 151 Å². The van der Waals surface area contributed by atoms with Gasteiger partial charge in [0.25, 0.3) is 18.3 Å². The summed E-state index contributed by atoms with van der Waals surface area (Å²) in [6, 6.07) is 24.4. The van der Waals surface area contributed by atoms with Gasteiger partial charge in [-0.3, -0.25) is 14.4 Å². The summed E-state index contributed by atoms with van der Waals surface area (Å²) in [5.74, 6) is -0.578. The molecule has 0 saturated heterocycles. The highest BCUT2D eigenvalue weighted by Crippen LogP contribution is 2.41. The van der Waals surface area contributed by atoms with Crippen molar-refractivity contribution in [1.29, 1.82) is 0 Å². The van der Waals surface area contributed by atoms with Crippen LogP contribution in [0.1, 0.15) is 45.2 Å². The Hall–Kier alpha value is -6.15. The topological polar surface area (TPSA) is 242 Å². The average molecular weight is 1260 g/mol. The number of halogens is 4. The molecule has 4 atom stereocenters. The third-order valence-electron chi connectivity index (χ3n) is 14.2. The van der Waals surface area contributed by atoms with Gasteiger partial charge in [0, 0.05) is 120 Å². The first-order chi connectivity index (χ1) is 41.8. The second-order valence-electron chi connectivity index (χ2n) is 20.5. The van der Waals surface area contributed by atoms with E-state index in [4.69, 9.17) is 79.6 Å². The number of rotatable bonds is 35. The van der Waals surface area contributed by atoms with Crippen LogP contribution in [0.15, 0.2) is 97.6 Å². The summed E-state index contributed by atoms with van der Waals surface area (Å²) in [7, 11) is 4.19. The minimum absolute atomic E-state index is 0.0143. The first kappa shape index (κ1) is 65.8. The van der Waals surface area contributed by atoms with Crippen LogP contribution in [0.3, 0.4) is 0 Å². The number of amides is 2. The predicted molar refractivity (Wildman–Crippen MR) is 329 cm³/mol. The van der Waals surface area contributed by atoms with Gasteiger partial charge in [-0.1, -0.05) is 94.9 Å². The predicted octanol–water partition coefficient (Wildman–Crippen LogP) is 7.13. The molecule has 0 saturated carbocycles. The Labute approximate surface area is 520 Å². The standard InChI is InChI=1S/C61H72Cl4N10O11/c1-74-35-50(48-27-46(62)29-54(64)52(48)37-74)42-7-3-5-40(25-42)44-31-70-60(71-32-44)68-11-15-82-19-23-84-21-17-80-13-9-66-58(78)56(77)57(86-39-76)59(79)67-10-14-81-18-22-85-24-20-83-16-12-69-61-72-33-45(34-73-61)41-6-4-8-43(26-41)51-36-75(2)38-53-49(51)28-47(63)30-55(53)65/h3-8,25-34,39,50-51,56-57,77H,9-24,35-38H2,1-2H3,(H,66,78)(H,67,79)(H,68,70,71)(H,69,72,73)/t50-,51-,56+,57+/m0/s1. The zero-order valence-electron chi connectivity index (χ0n) is 48.0. The van der Waals surface area contributed by atoms with Crippen LogP contribution < -0.4 is 21.3 Å². The maximum Gasteiger partial charge on any atom is 0.293 e. The van der Waals surface area contributed by atoms with Crippen LogP contribution in [0.5, 0.6) is 0 Å². The molecule has 6 aromatic rings. The van der Waals surface area contributed by atoms with Crippen LogP contribution in [-0.2, 0) is 60.6 Å². The lowest BCUT2D eigenvalue weighted by Gasteiger charge is -2.33. The second kappa shape index (κ2) is 34.4. The number of hydrogen-bond acceptors (Lipinski definition) is 19. The van der Waals surface area contributed by atoms with E-state index in [9.17, 15) is 19.5 Å². The van der Waals surface area contributed by atoms with Gasteiger partial charge in [-0.05, 0) is 82.9 Å². The number of hydrogen-bond donors (Lipinski definition) is 5. The monoisotopic (exact) mass is 1260 g/mol. The van der Waals surface area contributed by atoms with Gasteiger partial charge in [0.15, 0.2) is 6.10 Å². The molecule has 21 nitrogen and oxygen atoms in total. The number of ether oxygens (including phenoxy) is 7. The van der Waals surface area contributed by atoms with Crippen molar-refractivity contribution in [1.82, 2.24) is 40.4 Å². The van der Waals surface area contributed by atoms with Crippen molar-refractivity contribution in [2.24, 2.45) is 0 Å². The second-order valence-corrected chi connectivity index (χ2v) is 22.1. The highest BCUT2D eigenvalue weighted by Gasteiger charge is 2.34. The number of aliphatic hydroxyl groups is 1. The molecule has 460 valence electrons. The molecule has 8 rings (SSSR count). The van der Waals surface area contributed by atoms with Crippen molar-refractivity contribution in [2.75, 3.05) is 143 Å². The smallest absolute Gasteiger partial charge is 0.293 e. The van der Waals surface area contributed by atoms with Crippen molar-refractivity contribution >= 4 is 76.6 Å². The van der Waals surface area contributed by atoms with E-state index in [1.165, 1.54) is 0 Å². The van der Waals surface area contributed by atoms with E-state index in [1.54, 1.807) is 36.9 Å². The Morgan fingerprint density at radius 3 is 1.34 bits per heavy atom. The van der Waals surface area contributed by atoms with E-state index in [-0.39, 0.29) is 71.0 Å². The van der Waals surface area contributed by atoms with Crippen molar-refractivity contribution in [2.45, 2.75) is 37.1 Å². The Balaban J connectivity index is 0.592. The molecular formula is C61H72Cl4N10O11. The molecule has 0 aliphatic carbocycles. The fourth-order valence-corrected chi connectivity index (χ4v) is 11.1. The zero-order valence-corrected chi connectivity index (χ0v) is 51.0. The van der Waals surface area contributed by atoms with Gasteiger partial charge in [-0.25, -0.2) is 19.9 Å². The molecule has 0 fully saturated rings. The first-order valence-corrected chi connectivity index (χ1v) is 29.8. The summed E-state index contributed by atoms with van der Waals surface area (Å²) in [6.07, 6.45) is 3.44. The average Bonchev–Trinajstić information content (AvgIpc) is 1.60. The quantitative estimate of drug-likeness (QED) is 0.0196. The van der Waals surface area contributed by atoms with E-state index in [1.807, 2.05) is 36.4 Å². The molecule has 2 aliphatic heterocycles. The molecule has 0 unspecified atom stereocenters. The maximum atomic E-state index is 12.7. The summed E-state index contributed by atoms with van der Waals surface area (Å²) >= 11 is 26.0. The summed E-state index contributed by atoms with van der Waals surface area (Å²) in [5.41, 5.74) is 10.7. The molecule has 86 heavy (non-hydrogen) atoms. The lowest BCUT2D eigenvalue weighted by Crippen LogP contribution is -2.51. The van der Waals surface area contributed by atoms with E-state index >= 15 is 0 Å². The number of carbonyl (C=O) groups is 3. The van der Waals surface area contributed by atoms with E-state index in [0.717, 1.165) is 81.8 Å². The number of benzene rings is 4. The summed E-state index contributed by atoms with van der Waals surface area (Å²) in [6.45, 7) is 7.72. The van der Waals surface area contributed by atoms with Crippen molar-refractivity contribution in [3.8, 4) is 22.3 Å². The van der Waals surface area contributed by atoms with Crippen LogP contribution in [0.2, 0.25) is 20.1 Å². The Kier molecular flexibility index (Phi) is 26.3. The van der Waals surface area contributed by atoms with Gasteiger partial charge in [0.2, 0.25) is 18.0 Å². The van der Waals surface area contributed by atoms with Gasteiger partial charge < -0.3 is 69.3 Å². The Morgan fingerprint density at radius 2 is 0.930 bits per heavy atom.